The topological polar surface area (TPSA) is 84.1 Å². The molecule has 0 aliphatic heterocycles. The summed E-state index contributed by atoms with van der Waals surface area (Å²) in [6.07, 6.45) is 3.37. The first kappa shape index (κ1) is 18.1. The number of nitrogens with zero attached hydrogens (tertiary/aromatic N) is 1. The average Bonchev–Trinajstić information content (AvgIpc) is 3.13. The third kappa shape index (κ3) is 4.86. The number of anilines is 1. The van der Waals surface area contributed by atoms with Crippen LogP contribution in [0, 0.1) is 5.92 Å². The fourth-order valence-electron chi connectivity index (χ4n) is 2.02. The monoisotopic (exact) mass is 347 g/mol. The number of methoxy groups -OCH3 is 1. The van der Waals surface area contributed by atoms with Crippen molar-refractivity contribution >= 4 is 29.3 Å². The van der Waals surface area contributed by atoms with Gasteiger partial charge in [-0.1, -0.05) is 19.1 Å². The number of aromatic amines is 1. The molecule has 0 spiro atoms. The number of benzene rings is 1. The number of rotatable bonds is 7. The molecule has 0 saturated heterocycles. The molecule has 24 heavy (non-hydrogen) atoms. The summed E-state index contributed by atoms with van der Waals surface area (Å²) in [5.74, 6) is -0.0418. The minimum atomic E-state index is -0.260. The Morgan fingerprint density at radius 3 is 2.58 bits per heavy atom. The Kier molecular flexibility index (Phi) is 6.43. The van der Waals surface area contributed by atoms with E-state index >= 15 is 0 Å². The first-order chi connectivity index (χ1) is 11.5. The van der Waals surface area contributed by atoms with Crippen molar-refractivity contribution in [1.82, 2.24) is 9.97 Å². The molecule has 0 bridgehead atoms. The van der Waals surface area contributed by atoms with Crippen molar-refractivity contribution < 1.29 is 14.3 Å². The molecule has 0 aliphatic carbocycles. The molecule has 1 heterocycles. The number of carbonyl (C=O) groups is 2. The van der Waals surface area contributed by atoms with Crippen molar-refractivity contribution in [2.24, 2.45) is 5.92 Å². The normalized spacial score (nSPS) is 13.1. The number of thioether (sulfide) groups is 1. The zero-order chi connectivity index (χ0) is 17.5. The highest BCUT2D eigenvalue weighted by Crippen LogP contribution is 2.21. The highest BCUT2D eigenvalue weighted by atomic mass is 32.2. The number of carbonyl (C=O) groups excluding carboxylic acids is 2. The number of hydrogen-bond acceptors (Lipinski definition) is 5. The molecule has 1 aromatic carbocycles. The Hall–Kier alpha value is -2.28. The summed E-state index contributed by atoms with van der Waals surface area (Å²) < 4.78 is 4.68. The lowest BCUT2D eigenvalue weighted by Crippen LogP contribution is -2.24. The number of H-pyrrole nitrogens is 1. The maximum absolute atomic E-state index is 12.2. The lowest BCUT2D eigenvalue weighted by Gasteiger charge is -2.14. The van der Waals surface area contributed by atoms with E-state index in [0.29, 0.717) is 5.75 Å². The average molecular weight is 347 g/mol. The molecule has 0 radical (unpaired) electrons. The van der Waals surface area contributed by atoms with E-state index in [1.165, 1.54) is 18.9 Å². The first-order valence-corrected chi connectivity index (χ1v) is 8.65. The maximum atomic E-state index is 12.2. The predicted molar refractivity (Wildman–Crippen MR) is 95.8 cm³/mol. The molecular formula is C17H21N3O3S. The molecule has 2 aromatic rings. The van der Waals surface area contributed by atoms with Gasteiger partial charge < -0.3 is 15.0 Å². The van der Waals surface area contributed by atoms with E-state index in [2.05, 4.69) is 20.0 Å². The van der Waals surface area contributed by atoms with Gasteiger partial charge in [0, 0.05) is 11.4 Å². The zero-order valence-electron chi connectivity index (χ0n) is 13.9. The van der Waals surface area contributed by atoms with Crippen LogP contribution in [0.1, 0.15) is 13.8 Å². The SMILES string of the molecule is COC(=O)[C@@H](C)CS[C@H](C)C(=O)Nc1ccc(-c2cnc[nH]2)cc1. The van der Waals surface area contributed by atoms with Crippen molar-refractivity contribution in [3.63, 3.8) is 0 Å². The molecule has 128 valence electrons. The predicted octanol–water partition coefficient (Wildman–Crippen LogP) is 2.95. The second-order valence-corrected chi connectivity index (χ2v) is 6.81. The van der Waals surface area contributed by atoms with Gasteiger partial charge >= 0.3 is 5.97 Å². The molecule has 1 aromatic heterocycles. The van der Waals surface area contributed by atoms with E-state index in [4.69, 9.17) is 0 Å². The third-order valence-corrected chi connectivity index (χ3v) is 4.94. The number of esters is 1. The molecule has 0 unspecified atom stereocenters. The lowest BCUT2D eigenvalue weighted by molar-refractivity contribution is -0.144. The van der Waals surface area contributed by atoms with Gasteiger partial charge in [-0.05, 0) is 24.6 Å². The van der Waals surface area contributed by atoms with Crippen LogP contribution in [0.15, 0.2) is 36.8 Å². The van der Waals surface area contributed by atoms with Crippen LogP contribution < -0.4 is 5.32 Å². The third-order valence-electron chi connectivity index (χ3n) is 3.53. The Bertz CT molecular complexity index is 671. The molecule has 0 fully saturated rings. The molecule has 1 amide bonds. The highest BCUT2D eigenvalue weighted by Gasteiger charge is 2.19. The van der Waals surface area contributed by atoms with Gasteiger partial charge in [0.15, 0.2) is 0 Å². The van der Waals surface area contributed by atoms with Gasteiger partial charge in [-0.2, -0.15) is 0 Å². The summed E-state index contributed by atoms with van der Waals surface area (Å²) in [7, 11) is 1.37. The molecule has 7 heteroatoms. The number of aromatic nitrogens is 2. The minimum Gasteiger partial charge on any atom is -0.469 e. The van der Waals surface area contributed by atoms with E-state index in [9.17, 15) is 9.59 Å². The summed E-state index contributed by atoms with van der Waals surface area (Å²) in [6.45, 7) is 3.61. The van der Waals surface area contributed by atoms with Crippen LogP contribution in [0.2, 0.25) is 0 Å². The van der Waals surface area contributed by atoms with Crippen molar-refractivity contribution in [2.45, 2.75) is 19.1 Å². The van der Waals surface area contributed by atoms with Gasteiger partial charge in [0.05, 0.1) is 36.5 Å². The molecule has 2 atom stereocenters. The van der Waals surface area contributed by atoms with E-state index in [-0.39, 0.29) is 23.0 Å². The Balaban J connectivity index is 1.86. The lowest BCUT2D eigenvalue weighted by atomic mass is 10.1. The Labute approximate surface area is 145 Å². The molecule has 0 aliphatic rings. The smallest absolute Gasteiger partial charge is 0.309 e. The van der Waals surface area contributed by atoms with Gasteiger partial charge in [0.25, 0.3) is 0 Å². The van der Waals surface area contributed by atoms with Gasteiger partial charge in [0.1, 0.15) is 0 Å². The zero-order valence-corrected chi connectivity index (χ0v) is 14.7. The fourth-order valence-corrected chi connectivity index (χ4v) is 2.95. The Morgan fingerprint density at radius 1 is 1.29 bits per heavy atom. The number of imidazole rings is 1. The molecule has 0 saturated carbocycles. The van der Waals surface area contributed by atoms with Crippen LogP contribution in [0.3, 0.4) is 0 Å². The number of amides is 1. The first-order valence-electron chi connectivity index (χ1n) is 7.60. The highest BCUT2D eigenvalue weighted by molar-refractivity contribution is 8.00. The Morgan fingerprint density at radius 2 is 2.00 bits per heavy atom. The summed E-state index contributed by atoms with van der Waals surface area (Å²) in [5, 5.41) is 2.62. The van der Waals surface area contributed by atoms with Gasteiger partial charge in [0.2, 0.25) is 5.91 Å². The second-order valence-electron chi connectivity index (χ2n) is 5.43. The van der Waals surface area contributed by atoms with E-state index in [1.54, 1.807) is 19.4 Å². The van der Waals surface area contributed by atoms with Crippen molar-refractivity contribution in [3.8, 4) is 11.3 Å². The minimum absolute atomic E-state index is 0.0913. The largest absolute Gasteiger partial charge is 0.469 e. The van der Waals surface area contributed by atoms with Gasteiger partial charge in [-0.15, -0.1) is 11.8 Å². The van der Waals surface area contributed by atoms with Crippen molar-refractivity contribution in [3.05, 3.63) is 36.8 Å². The molecular weight excluding hydrogens is 326 g/mol. The molecule has 6 nitrogen and oxygen atoms in total. The molecule has 2 N–H and O–H groups in total. The number of nitrogens with one attached hydrogen (secondary N) is 2. The van der Waals surface area contributed by atoms with E-state index < -0.39 is 0 Å². The van der Waals surface area contributed by atoms with Crippen molar-refractivity contribution in [1.29, 1.82) is 0 Å². The van der Waals surface area contributed by atoms with Crippen LogP contribution in [0.4, 0.5) is 5.69 Å². The number of hydrogen-bond donors (Lipinski definition) is 2. The quantitative estimate of drug-likeness (QED) is 0.752. The summed E-state index contributed by atoms with van der Waals surface area (Å²) in [4.78, 5) is 30.6. The maximum Gasteiger partial charge on any atom is 0.309 e. The summed E-state index contributed by atoms with van der Waals surface area (Å²) >= 11 is 1.43. The van der Waals surface area contributed by atoms with Crippen LogP contribution in [-0.4, -0.2) is 40.0 Å². The summed E-state index contributed by atoms with van der Waals surface area (Å²) in [6, 6.07) is 7.53. The standard InChI is InChI=1S/C17H21N3O3S/c1-11(17(22)23-3)9-24-12(2)16(21)20-14-6-4-13(5-7-14)15-8-18-10-19-15/h4-8,10-12H,9H2,1-3H3,(H,18,19)(H,20,21)/t11-,12+/m0/s1. The van der Waals surface area contributed by atoms with E-state index in [1.807, 2.05) is 31.2 Å². The second kappa shape index (κ2) is 8.54. The fraction of sp³-hybridized carbons (Fsp3) is 0.353. The van der Waals surface area contributed by atoms with Crippen LogP contribution in [0.5, 0.6) is 0 Å². The molecule has 2 rings (SSSR count). The van der Waals surface area contributed by atoms with Crippen LogP contribution in [-0.2, 0) is 14.3 Å². The van der Waals surface area contributed by atoms with Crippen LogP contribution in [0.25, 0.3) is 11.3 Å². The summed E-state index contributed by atoms with van der Waals surface area (Å²) in [5.41, 5.74) is 2.66. The number of ether oxygens (including phenoxy) is 1. The van der Waals surface area contributed by atoms with Gasteiger partial charge in [-0.25, -0.2) is 4.98 Å². The van der Waals surface area contributed by atoms with Crippen molar-refractivity contribution in [2.75, 3.05) is 18.2 Å². The van der Waals surface area contributed by atoms with E-state index in [0.717, 1.165) is 16.9 Å². The van der Waals surface area contributed by atoms with Crippen LogP contribution >= 0.6 is 11.8 Å². The van der Waals surface area contributed by atoms with Gasteiger partial charge in [-0.3, -0.25) is 9.59 Å².